The second-order valence-corrected chi connectivity index (χ2v) is 5.06. The molecule has 0 unspecified atom stereocenters. The Morgan fingerprint density at radius 3 is 2.57 bits per heavy atom. The molecular weight excluding hydrogens is 290 g/mol. The summed E-state index contributed by atoms with van der Waals surface area (Å²) >= 11 is 0. The van der Waals surface area contributed by atoms with Crippen LogP contribution in [0.2, 0.25) is 0 Å². The first kappa shape index (κ1) is 16.4. The lowest BCUT2D eigenvalue weighted by Crippen LogP contribution is -2.25. The third-order valence-corrected chi connectivity index (χ3v) is 3.24. The van der Waals surface area contributed by atoms with Crippen LogP contribution in [-0.2, 0) is 0 Å². The number of carbonyl (C=O) groups excluding carboxylic acids is 1. The predicted octanol–water partition coefficient (Wildman–Crippen LogP) is 3.01. The number of rotatable bonds is 7. The molecule has 1 aromatic heterocycles. The molecule has 2 N–H and O–H groups in total. The third-order valence-electron chi connectivity index (χ3n) is 3.24. The summed E-state index contributed by atoms with van der Waals surface area (Å²) in [4.78, 5) is 20.2. The van der Waals surface area contributed by atoms with Crippen molar-refractivity contribution >= 4 is 17.4 Å². The molecule has 0 saturated heterocycles. The van der Waals surface area contributed by atoms with Crippen LogP contribution >= 0.6 is 0 Å². The van der Waals surface area contributed by atoms with Crippen molar-refractivity contribution in [1.82, 2.24) is 15.3 Å². The van der Waals surface area contributed by atoms with Gasteiger partial charge in [-0.2, -0.15) is 5.26 Å². The van der Waals surface area contributed by atoms with E-state index in [1.54, 1.807) is 24.3 Å². The minimum atomic E-state index is -0.210. The number of nitrogens with one attached hydrogen (secondary N) is 2. The Hall–Kier alpha value is -2.94. The first-order valence-electron chi connectivity index (χ1n) is 7.60. The number of unbranched alkanes of at least 4 members (excludes halogenated alkanes) is 2. The lowest BCUT2D eigenvalue weighted by molar-refractivity contribution is 0.0947. The molecule has 0 saturated carbocycles. The molecule has 0 aliphatic rings. The first-order chi connectivity index (χ1) is 11.2. The minimum Gasteiger partial charge on any atom is -0.351 e. The maximum atomic E-state index is 11.9. The zero-order valence-corrected chi connectivity index (χ0v) is 13.0. The molecule has 0 aliphatic carbocycles. The van der Waals surface area contributed by atoms with Crippen molar-refractivity contribution in [2.75, 3.05) is 11.9 Å². The van der Waals surface area contributed by atoms with E-state index < -0.39 is 0 Å². The van der Waals surface area contributed by atoms with Gasteiger partial charge in [-0.05, 0) is 30.7 Å². The summed E-state index contributed by atoms with van der Waals surface area (Å²) in [5.41, 5.74) is 1.69. The smallest absolute Gasteiger partial charge is 0.271 e. The fourth-order valence-electron chi connectivity index (χ4n) is 1.95. The Kier molecular flexibility index (Phi) is 6.07. The Balaban J connectivity index is 1.90. The highest BCUT2D eigenvalue weighted by Gasteiger charge is 2.07. The van der Waals surface area contributed by atoms with Gasteiger partial charge in [0.25, 0.3) is 5.91 Å². The largest absolute Gasteiger partial charge is 0.351 e. The quantitative estimate of drug-likeness (QED) is 0.767. The molecule has 0 atom stereocenters. The van der Waals surface area contributed by atoms with E-state index in [0.29, 0.717) is 23.6 Å². The van der Waals surface area contributed by atoms with Gasteiger partial charge in [-0.3, -0.25) is 4.79 Å². The first-order valence-corrected chi connectivity index (χ1v) is 7.60. The van der Waals surface area contributed by atoms with E-state index in [2.05, 4.69) is 33.6 Å². The number of benzene rings is 1. The van der Waals surface area contributed by atoms with Crippen molar-refractivity contribution in [2.45, 2.75) is 26.2 Å². The number of anilines is 2. The molecule has 6 nitrogen and oxygen atoms in total. The normalized spacial score (nSPS) is 9.91. The molecule has 1 amide bonds. The Morgan fingerprint density at radius 1 is 1.17 bits per heavy atom. The molecule has 0 radical (unpaired) electrons. The van der Waals surface area contributed by atoms with E-state index in [1.807, 2.05) is 0 Å². The van der Waals surface area contributed by atoms with Crippen LogP contribution in [0, 0.1) is 11.3 Å². The zero-order valence-electron chi connectivity index (χ0n) is 13.0. The van der Waals surface area contributed by atoms with Crippen LogP contribution in [0.5, 0.6) is 0 Å². The van der Waals surface area contributed by atoms with Crippen molar-refractivity contribution in [1.29, 1.82) is 5.26 Å². The maximum Gasteiger partial charge on any atom is 0.271 e. The number of hydrogen-bond acceptors (Lipinski definition) is 5. The van der Waals surface area contributed by atoms with Gasteiger partial charge >= 0.3 is 0 Å². The summed E-state index contributed by atoms with van der Waals surface area (Å²) in [6, 6.07) is 9.07. The van der Waals surface area contributed by atoms with Crippen molar-refractivity contribution < 1.29 is 4.79 Å². The van der Waals surface area contributed by atoms with Crippen molar-refractivity contribution in [3.8, 4) is 6.07 Å². The Labute approximate surface area is 135 Å². The molecule has 0 bridgehead atoms. The van der Waals surface area contributed by atoms with Crippen molar-refractivity contribution in [3.05, 3.63) is 47.9 Å². The van der Waals surface area contributed by atoms with Crippen LogP contribution in [0.15, 0.2) is 36.7 Å². The molecule has 0 fully saturated rings. The fraction of sp³-hybridized carbons (Fsp3) is 0.294. The maximum absolute atomic E-state index is 11.9. The highest BCUT2D eigenvalue weighted by molar-refractivity contribution is 5.92. The zero-order chi connectivity index (χ0) is 16.5. The summed E-state index contributed by atoms with van der Waals surface area (Å²) in [7, 11) is 0. The summed E-state index contributed by atoms with van der Waals surface area (Å²) in [5, 5.41) is 14.7. The summed E-state index contributed by atoms with van der Waals surface area (Å²) in [6.45, 7) is 2.77. The second-order valence-electron chi connectivity index (χ2n) is 5.06. The van der Waals surface area contributed by atoms with Gasteiger partial charge in [-0.1, -0.05) is 19.8 Å². The number of aromatic nitrogens is 2. The van der Waals surface area contributed by atoms with Crippen LogP contribution in [0.25, 0.3) is 0 Å². The van der Waals surface area contributed by atoms with Crippen molar-refractivity contribution in [3.63, 3.8) is 0 Å². The number of amides is 1. The number of carbonyl (C=O) groups is 1. The van der Waals surface area contributed by atoms with Gasteiger partial charge in [0.05, 0.1) is 24.0 Å². The van der Waals surface area contributed by atoms with Crippen LogP contribution in [0.4, 0.5) is 11.5 Å². The topological polar surface area (TPSA) is 90.7 Å². The van der Waals surface area contributed by atoms with Gasteiger partial charge < -0.3 is 10.6 Å². The van der Waals surface area contributed by atoms with Gasteiger partial charge in [-0.15, -0.1) is 0 Å². The van der Waals surface area contributed by atoms with E-state index in [0.717, 1.165) is 24.9 Å². The molecule has 0 spiro atoms. The van der Waals surface area contributed by atoms with Gasteiger partial charge in [0, 0.05) is 12.2 Å². The van der Waals surface area contributed by atoms with E-state index in [9.17, 15) is 4.79 Å². The number of nitriles is 1. The summed E-state index contributed by atoms with van der Waals surface area (Å²) in [5.74, 6) is 0.329. The van der Waals surface area contributed by atoms with E-state index in [-0.39, 0.29) is 5.91 Å². The molecule has 2 aromatic rings. The van der Waals surface area contributed by atoms with Gasteiger partial charge in [0.1, 0.15) is 11.5 Å². The molecule has 1 heterocycles. The fourth-order valence-corrected chi connectivity index (χ4v) is 1.95. The van der Waals surface area contributed by atoms with Crippen molar-refractivity contribution in [2.24, 2.45) is 0 Å². The molecule has 2 rings (SSSR count). The van der Waals surface area contributed by atoms with E-state index in [4.69, 9.17) is 5.26 Å². The molecule has 118 valence electrons. The predicted molar refractivity (Wildman–Crippen MR) is 88.3 cm³/mol. The monoisotopic (exact) mass is 309 g/mol. The number of nitrogens with zero attached hydrogens (tertiary/aromatic N) is 3. The molecule has 0 aliphatic heterocycles. The minimum absolute atomic E-state index is 0.210. The average molecular weight is 309 g/mol. The Bertz CT molecular complexity index is 674. The molecule has 1 aromatic carbocycles. The highest BCUT2D eigenvalue weighted by atomic mass is 16.1. The van der Waals surface area contributed by atoms with Gasteiger partial charge in [-0.25, -0.2) is 9.97 Å². The second kappa shape index (κ2) is 8.49. The van der Waals surface area contributed by atoms with Gasteiger partial charge in [0.15, 0.2) is 0 Å². The van der Waals surface area contributed by atoms with Gasteiger partial charge in [0.2, 0.25) is 0 Å². The van der Waals surface area contributed by atoms with Crippen LogP contribution in [0.3, 0.4) is 0 Å². The molecule has 23 heavy (non-hydrogen) atoms. The SMILES string of the molecule is CCCCCNC(=O)c1cnc(Nc2ccc(C#N)cc2)cn1. The van der Waals surface area contributed by atoms with Crippen LogP contribution in [0.1, 0.15) is 42.2 Å². The van der Waals surface area contributed by atoms with E-state index in [1.165, 1.54) is 12.4 Å². The average Bonchev–Trinajstić information content (AvgIpc) is 2.60. The van der Waals surface area contributed by atoms with Crippen LogP contribution < -0.4 is 10.6 Å². The summed E-state index contributed by atoms with van der Waals surface area (Å²) < 4.78 is 0. The molecule has 6 heteroatoms. The standard InChI is InChI=1S/C17H19N5O/c1-2-3-4-9-19-17(23)15-11-21-16(12-20-15)22-14-7-5-13(10-18)6-8-14/h5-8,11-12H,2-4,9H2,1H3,(H,19,23)(H,21,22). The van der Waals surface area contributed by atoms with Crippen LogP contribution in [-0.4, -0.2) is 22.4 Å². The summed E-state index contributed by atoms with van der Waals surface area (Å²) in [6.07, 6.45) is 6.14. The molecular formula is C17H19N5O. The highest BCUT2D eigenvalue weighted by Crippen LogP contribution is 2.14. The number of hydrogen-bond donors (Lipinski definition) is 2. The lowest BCUT2D eigenvalue weighted by atomic mass is 10.2. The lowest BCUT2D eigenvalue weighted by Gasteiger charge is -2.07. The Morgan fingerprint density at radius 2 is 1.96 bits per heavy atom. The van der Waals surface area contributed by atoms with E-state index >= 15 is 0 Å². The third kappa shape index (κ3) is 5.08.